The van der Waals surface area contributed by atoms with Crippen molar-refractivity contribution >= 4 is 11.8 Å². The Morgan fingerprint density at radius 2 is 2.21 bits per heavy atom. The molecule has 0 amide bonds. The van der Waals surface area contributed by atoms with Crippen molar-refractivity contribution < 1.29 is 9.53 Å². The maximum Gasteiger partial charge on any atom is 0.338 e. The number of ether oxygens (including phenoxy) is 1. The summed E-state index contributed by atoms with van der Waals surface area (Å²) >= 11 is 0. The van der Waals surface area contributed by atoms with Gasteiger partial charge in [-0.1, -0.05) is 13.8 Å². The smallest absolute Gasteiger partial charge is 0.338 e. The molecule has 1 aromatic rings. The molecular formula is C15H22N2O2. The van der Waals surface area contributed by atoms with Gasteiger partial charge in [0.15, 0.2) is 0 Å². The van der Waals surface area contributed by atoms with Crippen molar-refractivity contribution in [3.63, 3.8) is 0 Å². The molecule has 1 fully saturated rings. The topological polar surface area (TPSA) is 42.4 Å². The van der Waals surface area contributed by atoms with Gasteiger partial charge in [-0.3, -0.25) is 0 Å². The zero-order valence-electron chi connectivity index (χ0n) is 12.0. The predicted octanol–water partition coefficient (Wildman–Crippen LogP) is 2.88. The first-order valence-electron chi connectivity index (χ1n) is 6.93. The second kappa shape index (κ2) is 5.59. The predicted molar refractivity (Wildman–Crippen MR) is 75.4 cm³/mol. The van der Waals surface area contributed by atoms with E-state index < -0.39 is 0 Å². The fourth-order valence-electron chi connectivity index (χ4n) is 2.79. The van der Waals surface area contributed by atoms with Crippen LogP contribution in [-0.4, -0.2) is 31.2 Å². The Bertz CT molecular complexity index is 455. The number of rotatable bonds is 4. The van der Waals surface area contributed by atoms with Crippen LogP contribution >= 0.6 is 0 Å². The molecule has 1 aliphatic rings. The van der Waals surface area contributed by atoms with Gasteiger partial charge in [-0.15, -0.1) is 0 Å². The maximum absolute atomic E-state index is 11.6. The number of anilines is 1. The molecule has 0 aromatic carbocycles. The summed E-state index contributed by atoms with van der Waals surface area (Å²) < 4.78 is 4.75. The third kappa shape index (κ3) is 2.72. The van der Waals surface area contributed by atoms with Crippen LogP contribution in [0.5, 0.6) is 0 Å². The summed E-state index contributed by atoms with van der Waals surface area (Å²) in [5, 5.41) is 0. The van der Waals surface area contributed by atoms with Crippen molar-refractivity contribution in [3.05, 3.63) is 23.9 Å². The number of esters is 1. The van der Waals surface area contributed by atoms with E-state index in [0.717, 1.165) is 18.9 Å². The Morgan fingerprint density at radius 3 is 2.79 bits per heavy atom. The summed E-state index contributed by atoms with van der Waals surface area (Å²) in [6.45, 7) is 6.55. The van der Waals surface area contributed by atoms with Gasteiger partial charge in [0.1, 0.15) is 5.82 Å². The van der Waals surface area contributed by atoms with Crippen molar-refractivity contribution in [3.8, 4) is 0 Å². The number of carbonyl (C=O) groups excluding carboxylic acids is 1. The summed E-state index contributed by atoms with van der Waals surface area (Å²) in [4.78, 5) is 18.2. The van der Waals surface area contributed by atoms with E-state index in [4.69, 9.17) is 4.74 Å². The minimum Gasteiger partial charge on any atom is -0.465 e. The van der Waals surface area contributed by atoms with Gasteiger partial charge < -0.3 is 9.64 Å². The lowest BCUT2D eigenvalue weighted by molar-refractivity contribution is 0.0600. The van der Waals surface area contributed by atoms with Crippen LogP contribution in [0.25, 0.3) is 0 Å². The number of hydrogen-bond donors (Lipinski definition) is 0. The van der Waals surface area contributed by atoms with E-state index in [1.54, 1.807) is 12.3 Å². The molecule has 0 N–H and O–H groups in total. The molecule has 19 heavy (non-hydrogen) atoms. The van der Waals surface area contributed by atoms with Gasteiger partial charge in [0, 0.05) is 19.3 Å². The molecule has 1 aliphatic heterocycles. The van der Waals surface area contributed by atoms with Gasteiger partial charge in [-0.05, 0) is 36.8 Å². The molecule has 0 saturated carbocycles. The Balaban J connectivity index is 2.18. The van der Waals surface area contributed by atoms with Crippen molar-refractivity contribution in [2.45, 2.75) is 33.1 Å². The van der Waals surface area contributed by atoms with Crippen LogP contribution in [0, 0.1) is 5.41 Å². The molecule has 4 nitrogen and oxygen atoms in total. The molecule has 0 atom stereocenters. The lowest BCUT2D eigenvalue weighted by Gasteiger charge is -2.26. The van der Waals surface area contributed by atoms with Crippen LogP contribution in [-0.2, 0) is 4.74 Å². The SMILES string of the molecule is CCC1(CC)CCN(c2cc(C(=O)OC)ccn2)C1. The van der Waals surface area contributed by atoms with E-state index in [9.17, 15) is 4.79 Å². The van der Waals surface area contributed by atoms with E-state index in [1.165, 1.54) is 26.4 Å². The molecule has 1 saturated heterocycles. The third-order valence-electron chi connectivity index (χ3n) is 4.43. The number of pyridine rings is 1. The first kappa shape index (κ1) is 13.8. The second-order valence-corrected chi connectivity index (χ2v) is 5.27. The van der Waals surface area contributed by atoms with Gasteiger partial charge in [0.25, 0.3) is 0 Å². The van der Waals surface area contributed by atoms with Gasteiger partial charge >= 0.3 is 5.97 Å². The summed E-state index contributed by atoms with van der Waals surface area (Å²) in [7, 11) is 1.40. The number of nitrogens with zero attached hydrogens (tertiary/aromatic N) is 2. The quantitative estimate of drug-likeness (QED) is 0.782. The summed E-state index contributed by atoms with van der Waals surface area (Å²) in [5.74, 6) is 0.576. The van der Waals surface area contributed by atoms with Crippen LogP contribution in [0.15, 0.2) is 18.3 Å². The first-order chi connectivity index (χ1) is 9.14. The van der Waals surface area contributed by atoms with Gasteiger partial charge in [-0.2, -0.15) is 0 Å². The zero-order chi connectivity index (χ0) is 13.9. The molecule has 4 heteroatoms. The minimum atomic E-state index is -0.305. The molecule has 0 bridgehead atoms. The molecule has 0 unspecified atom stereocenters. The van der Waals surface area contributed by atoms with Crippen molar-refractivity contribution in [1.82, 2.24) is 4.98 Å². The fraction of sp³-hybridized carbons (Fsp3) is 0.600. The number of carbonyl (C=O) groups is 1. The first-order valence-corrected chi connectivity index (χ1v) is 6.93. The van der Waals surface area contributed by atoms with Gasteiger partial charge in [-0.25, -0.2) is 9.78 Å². The minimum absolute atomic E-state index is 0.305. The van der Waals surface area contributed by atoms with Crippen LogP contribution < -0.4 is 4.90 Å². The molecule has 2 rings (SSSR count). The Morgan fingerprint density at radius 1 is 1.47 bits per heavy atom. The number of hydrogen-bond acceptors (Lipinski definition) is 4. The van der Waals surface area contributed by atoms with Gasteiger partial charge in [0.2, 0.25) is 0 Å². The molecular weight excluding hydrogens is 240 g/mol. The molecule has 104 valence electrons. The van der Waals surface area contributed by atoms with Crippen LogP contribution in [0.1, 0.15) is 43.5 Å². The van der Waals surface area contributed by atoms with E-state index in [-0.39, 0.29) is 5.97 Å². The van der Waals surface area contributed by atoms with E-state index in [0.29, 0.717) is 11.0 Å². The van der Waals surface area contributed by atoms with Crippen LogP contribution in [0.4, 0.5) is 5.82 Å². The lowest BCUT2D eigenvalue weighted by Crippen LogP contribution is -2.26. The number of aromatic nitrogens is 1. The van der Waals surface area contributed by atoms with E-state index >= 15 is 0 Å². The lowest BCUT2D eigenvalue weighted by atomic mass is 9.82. The largest absolute Gasteiger partial charge is 0.465 e. The average Bonchev–Trinajstić information content (AvgIpc) is 2.92. The highest BCUT2D eigenvalue weighted by Gasteiger charge is 2.35. The normalized spacial score (nSPS) is 17.5. The average molecular weight is 262 g/mol. The highest BCUT2D eigenvalue weighted by molar-refractivity contribution is 5.90. The standard InChI is InChI=1S/C15H22N2O2/c1-4-15(5-2)7-9-17(11-15)13-10-12(6-8-16-13)14(18)19-3/h6,8,10H,4-5,7,9,11H2,1-3H3. The summed E-state index contributed by atoms with van der Waals surface area (Å²) in [5.41, 5.74) is 0.973. The summed E-state index contributed by atoms with van der Waals surface area (Å²) in [6, 6.07) is 3.52. The van der Waals surface area contributed by atoms with Gasteiger partial charge in [0.05, 0.1) is 12.7 Å². The van der Waals surface area contributed by atoms with Crippen molar-refractivity contribution in [2.75, 3.05) is 25.1 Å². The summed E-state index contributed by atoms with van der Waals surface area (Å²) in [6.07, 6.45) is 5.26. The third-order valence-corrected chi connectivity index (χ3v) is 4.43. The highest BCUT2D eigenvalue weighted by atomic mass is 16.5. The molecule has 0 aliphatic carbocycles. The molecule has 2 heterocycles. The Kier molecular flexibility index (Phi) is 4.08. The second-order valence-electron chi connectivity index (χ2n) is 5.27. The Labute approximate surface area is 114 Å². The number of methoxy groups -OCH3 is 1. The van der Waals surface area contributed by atoms with Crippen LogP contribution in [0.2, 0.25) is 0 Å². The van der Waals surface area contributed by atoms with Crippen molar-refractivity contribution in [1.29, 1.82) is 0 Å². The molecule has 1 aromatic heterocycles. The van der Waals surface area contributed by atoms with Crippen molar-refractivity contribution in [2.24, 2.45) is 5.41 Å². The fourth-order valence-corrected chi connectivity index (χ4v) is 2.79. The maximum atomic E-state index is 11.6. The Hall–Kier alpha value is -1.58. The zero-order valence-corrected chi connectivity index (χ0v) is 12.0. The molecule has 0 radical (unpaired) electrons. The van der Waals surface area contributed by atoms with Crippen LogP contribution in [0.3, 0.4) is 0 Å². The van der Waals surface area contributed by atoms with E-state index in [1.807, 2.05) is 6.07 Å². The van der Waals surface area contributed by atoms with E-state index in [2.05, 4.69) is 23.7 Å². The highest BCUT2D eigenvalue weighted by Crippen LogP contribution is 2.38. The molecule has 0 spiro atoms. The monoisotopic (exact) mass is 262 g/mol.